The second-order valence-electron chi connectivity index (χ2n) is 11.5. The van der Waals surface area contributed by atoms with Gasteiger partial charge in [-0.05, 0) is 65.4 Å². The molecule has 1 unspecified atom stereocenters. The second-order valence-corrected chi connectivity index (χ2v) is 12.5. The lowest BCUT2D eigenvalue weighted by atomic mass is 9.91. The van der Waals surface area contributed by atoms with Gasteiger partial charge in [0.1, 0.15) is 12.4 Å². The number of rotatable bonds is 10. The van der Waals surface area contributed by atoms with E-state index in [0.29, 0.717) is 32.3 Å². The summed E-state index contributed by atoms with van der Waals surface area (Å²) in [7, 11) is 0. The number of carbonyl (C=O) groups excluding carboxylic acids is 1. The molecule has 0 saturated heterocycles. The maximum atomic E-state index is 14.2. The summed E-state index contributed by atoms with van der Waals surface area (Å²) in [4.78, 5) is 43.7. The van der Waals surface area contributed by atoms with Crippen LogP contribution in [0.1, 0.15) is 60.5 Å². The molecule has 0 radical (unpaired) electrons. The molecule has 0 amide bonds. The maximum Gasteiger partial charge on any atom is 0.338 e. The van der Waals surface area contributed by atoms with E-state index in [4.69, 9.17) is 14.5 Å². The number of esters is 1. The first-order valence-electron chi connectivity index (χ1n) is 15.6. The zero-order valence-corrected chi connectivity index (χ0v) is 27.5. The SMILES string of the molecule is CCOC(=O)C1=C(c2ccccc2)N=c2s/c(=C\c3ccc(OCc4ccc([N+](=O)[O-])cc4)cc3)c(=O)n2C1c1ccc(C(C)C)cc1. The highest BCUT2D eigenvalue weighted by Gasteiger charge is 2.35. The van der Waals surface area contributed by atoms with Crippen molar-refractivity contribution in [2.24, 2.45) is 4.99 Å². The van der Waals surface area contributed by atoms with E-state index >= 15 is 0 Å². The zero-order chi connectivity index (χ0) is 33.8. The summed E-state index contributed by atoms with van der Waals surface area (Å²) in [5.41, 5.74) is 4.84. The summed E-state index contributed by atoms with van der Waals surface area (Å²) in [6.45, 7) is 6.43. The first kappa shape index (κ1) is 32.3. The summed E-state index contributed by atoms with van der Waals surface area (Å²) in [5, 5.41) is 10.9. The third kappa shape index (κ3) is 6.74. The van der Waals surface area contributed by atoms with E-state index in [1.54, 1.807) is 41.8 Å². The molecule has 1 aliphatic heterocycles. The third-order valence-corrected chi connectivity index (χ3v) is 9.01. The minimum absolute atomic E-state index is 0.0251. The first-order valence-corrected chi connectivity index (χ1v) is 16.4. The average molecular weight is 660 g/mol. The van der Waals surface area contributed by atoms with Gasteiger partial charge in [-0.2, -0.15) is 0 Å². The van der Waals surface area contributed by atoms with E-state index < -0.39 is 16.9 Å². The quantitative estimate of drug-likeness (QED) is 0.0956. The maximum absolute atomic E-state index is 14.2. The molecule has 0 aliphatic carbocycles. The summed E-state index contributed by atoms with van der Waals surface area (Å²) in [6.07, 6.45) is 1.80. The Hall–Kier alpha value is -5.61. The lowest BCUT2D eigenvalue weighted by Gasteiger charge is -2.26. The topological polar surface area (TPSA) is 113 Å². The predicted molar refractivity (Wildman–Crippen MR) is 185 cm³/mol. The fourth-order valence-corrected chi connectivity index (χ4v) is 6.51. The molecule has 0 spiro atoms. The Kier molecular flexibility index (Phi) is 9.45. The van der Waals surface area contributed by atoms with E-state index in [2.05, 4.69) is 13.8 Å². The molecule has 10 heteroatoms. The number of fused-ring (bicyclic) bond motifs is 1. The zero-order valence-electron chi connectivity index (χ0n) is 26.7. The largest absolute Gasteiger partial charge is 0.489 e. The van der Waals surface area contributed by atoms with Crippen LogP contribution in [0, 0.1) is 10.1 Å². The third-order valence-electron chi connectivity index (χ3n) is 8.02. The van der Waals surface area contributed by atoms with Gasteiger partial charge in [-0.15, -0.1) is 0 Å². The van der Waals surface area contributed by atoms with Crippen molar-refractivity contribution < 1.29 is 19.2 Å². The lowest BCUT2D eigenvalue weighted by Crippen LogP contribution is -2.40. The minimum atomic E-state index is -0.742. The van der Waals surface area contributed by atoms with E-state index in [1.165, 1.54) is 23.5 Å². The van der Waals surface area contributed by atoms with Gasteiger partial charge in [0.15, 0.2) is 4.80 Å². The molecule has 0 bridgehead atoms. The van der Waals surface area contributed by atoms with Crippen molar-refractivity contribution in [1.82, 2.24) is 4.57 Å². The van der Waals surface area contributed by atoms with Gasteiger partial charge >= 0.3 is 5.97 Å². The number of benzene rings is 4. The number of ether oxygens (including phenoxy) is 2. The highest BCUT2D eigenvalue weighted by molar-refractivity contribution is 7.07. The number of non-ortho nitro benzene ring substituents is 1. The molecular weight excluding hydrogens is 627 g/mol. The molecule has 0 saturated carbocycles. The summed E-state index contributed by atoms with van der Waals surface area (Å²) in [5.74, 6) is 0.417. The van der Waals surface area contributed by atoms with Gasteiger partial charge in [-0.3, -0.25) is 19.5 Å². The number of aromatic nitrogens is 1. The number of thiazole rings is 1. The lowest BCUT2D eigenvalue weighted by molar-refractivity contribution is -0.384. The smallest absolute Gasteiger partial charge is 0.338 e. The van der Waals surface area contributed by atoms with Crippen LogP contribution in [-0.2, 0) is 16.1 Å². The van der Waals surface area contributed by atoms with Gasteiger partial charge in [0, 0.05) is 17.7 Å². The van der Waals surface area contributed by atoms with E-state index in [-0.39, 0.29) is 24.5 Å². The van der Waals surface area contributed by atoms with Crippen molar-refractivity contribution in [2.45, 2.75) is 39.3 Å². The minimum Gasteiger partial charge on any atom is -0.489 e. The fourth-order valence-electron chi connectivity index (χ4n) is 5.51. The molecule has 4 aromatic carbocycles. The Morgan fingerprint density at radius 3 is 2.29 bits per heavy atom. The van der Waals surface area contributed by atoms with Crippen molar-refractivity contribution in [2.75, 3.05) is 6.61 Å². The molecule has 48 heavy (non-hydrogen) atoms. The van der Waals surface area contributed by atoms with E-state index in [0.717, 1.165) is 27.8 Å². The van der Waals surface area contributed by atoms with Gasteiger partial charge in [0.25, 0.3) is 11.2 Å². The average Bonchev–Trinajstić information content (AvgIpc) is 3.41. The molecule has 242 valence electrons. The van der Waals surface area contributed by atoms with E-state index in [1.807, 2.05) is 66.7 Å². The normalized spacial score (nSPS) is 14.4. The number of hydrogen-bond acceptors (Lipinski definition) is 8. The number of nitro benzene ring substituents is 1. The van der Waals surface area contributed by atoms with Crippen LogP contribution in [0.2, 0.25) is 0 Å². The van der Waals surface area contributed by atoms with Crippen LogP contribution in [0.3, 0.4) is 0 Å². The molecule has 0 N–H and O–H groups in total. The number of nitro groups is 1. The Morgan fingerprint density at radius 2 is 1.67 bits per heavy atom. The Morgan fingerprint density at radius 1 is 0.979 bits per heavy atom. The van der Waals surface area contributed by atoms with Crippen molar-refractivity contribution in [3.63, 3.8) is 0 Å². The van der Waals surface area contributed by atoms with Crippen LogP contribution in [-0.4, -0.2) is 22.1 Å². The first-order chi connectivity index (χ1) is 23.2. The van der Waals surface area contributed by atoms with Gasteiger partial charge < -0.3 is 9.47 Å². The summed E-state index contributed by atoms with van der Waals surface area (Å²) in [6, 6.07) is 30.3. The summed E-state index contributed by atoms with van der Waals surface area (Å²) >= 11 is 1.27. The molecule has 5 aromatic rings. The Bertz CT molecular complexity index is 2170. The molecule has 1 atom stereocenters. The van der Waals surface area contributed by atoms with E-state index in [9.17, 15) is 19.7 Å². The number of nitrogens with zero attached hydrogens (tertiary/aromatic N) is 3. The molecule has 1 aliphatic rings. The van der Waals surface area contributed by atoms with Crippen molar-refractivity contribution in [3.05, 3.63) is 166 Å². The molecule has 6 rings (SSSR count). The summed E-state index contributed by atoms with van der Waals surface area (Å²) < 4.78 is 13.5. The highest BCUT2D eigenvalue weighted by Crippen LogP contribution is 2.35. The molecular formula is C38H33N3O6S. The van der Waals surface area contributed by atoms with Crippen LogP contribution in [0.25, 0.3) is 11.8 Å². The monoisotopic (exact) mass is 659 g/mol. The Labute approximate surface area is 280 Å². The van der Waals surface area contributed by atoms with Gasteiger partial charge in [0.2, 0.25) is 0 Å². The molecule has 9 nitrogen and oxygen atoms in total. The van der Waals surface area contributed by atoms with Crippen molar-refractivity contribution in [3.8, 4) is 5.75 Å². The van der Waals surface area contributed by atoms with Gasteiger partial charge in [-0.25, -0.2) is 9.79 Å². The Balaban J connectivity index is 1.39. The highest BCUT2D eigenvalue weighted by atomic mass is 32.1. The second kappa shape index (κ2) is 14.0. The van der Waals surface area contributed by atoms with Crippen LogP contribution < -0.4 is 19.6 Å². The van der Waals surface area contributed by atoms with Crippen LogP contribution in [0.4, 0.5) is 5.69 Å². The standard InChI is InChI=1S/C38H33N3O6S/c1-4-46-37(43)33-34(28-8-6-5-7-9-28)39-38-40(35(33)29-16-14-27(15-17-29)24(2)3)36(42)32(48-38)22-25-12-20-31(21-13-25)47-23-26-10-18-30(19-11-26)41(44)45/h5-22,24,35H,4,23H2,1-3H3/b32-22-. The van der Waals surface area contributed by atoms with Crippen LogP contribution >= 0.6 is 11.3 Å². The van der Waals surface area contributed by atoms with Gasteiger partial charge in [0.05, 0.1) is 33.4 Å². The fraction of sp³-hybridized carbons (Fsp3) is 0.184. The molecule has 1 aromatic heterocycles. The van der Waals surface area contributed by atoms with Crippen LogP contribution in [0.15, 0.2) is 118 Å². The van der Waals surface area contributed by atoms with Gasteiger partial charge in [-0.1, -0.05) is 91.9 Å². The predicted octanol–water partition coefficient (Wildman–Crippen LogP) is 6.55. The molecule has 2 heterocycles. The number of hydrogen-bond donors (Lipinski definition) is 0. The number of carbonyl (C=O) groups is 1. The molecule has 0 fully saturated rings. The van der Waals surface area contributed by atoms with Crippen molar-refractivity contribution in [1.29, 1.82) is 0 Å². The van der Waals surface area contributed by atoms with Crippen molar-refractivity contribution >= 4 is 34.8 Å². The van der Waals surface area contributed by atoms with Crippen LogP contribution in [0.5, 0.6) is 5.75 Å².